The summed E-state index contributed by atoms with van der Waals surface area (Å²) in [4.78, 5) is 0.362. The van der Waals surface area contributed by atoms with Gasteiger partial charge in [-0.05, 0) is 75.3 Å². The molecule has 4 nitrogen and oxygen atoms in total. The van der Waals surface area contributed by atoms with Crippen molar-refractivity contribution in [3.63, 3.8) is 0 Å². The van der Waals surface area contributed by atoms with Crippen LogP contribution in [0.3, 0.4) is 0 Å². The summed E-state index contributed by atoms with van der Waals surface area (Å²) in [6, 6.07) is 7.71. The highest BCUT2D eigenvalue weighted by molar-refractivity contribution is 7.92. The standard InChI is InChI=1S/C23H27NO3S/c1-13-6-7-21-18(10-13)19-12-20(15(3)11-22(19)27-21)24-28(25,26)23-16(4)8-14(2)9-17(23)5/h8-9,11-13,24H,6-7,10H2,1-5H3. The van der Waals surface area contributed by atoms with E-state index in [2.05, 4.69) is 11.6 Å². The maximum atomic E-state index is 13.2. The molecular weight excluding hydrogens is 370 g/mol. The summed E-state index contributed by atoms with van der Waals surface area (Å²) in [5.74, 6) is 1.67. The normalized spacial score (nSPS) is 17.0. The average Bonchev–Trinajstić information content (AvgIpc) is 2.90. The van der Waals surface area contributed by atoms with Gasteiger partial charge in [0, 0.05) is 17.4 Å². The predicted molar refractivity (Wildman–Crippen MR) is 114 cm³/mol. The van der Waals surface area contributed by atoms with Crippen molar-refractivity contribution in [2.24, 2.45) is 5.92 Å². The van der Waals surface area contributed by atoms with Crippen LogP contribution in [-0.2, 0) is 22.9 Å². The molecule has 1 N–H and O–H groups in total. The van der Waals surface area contributed by atoms with Gasteiger partial charge in [0.2, 0.25) is 0 Å². The van der Waals surface area contributed by atoms with E-state index in [4.69, 9.17) is 4.42 Å². The molecule has 1 aliphatic rings. The van der Waals surface area contributed by atoms with Gasteiger partial charge in [0.15, 0.2) is 0 Å². The first-order valence-corrected chi connectivity index (χ1v) is 11.3. The van der Waals surface area contributed by atoms with Crippen LogP contribution < -0.4 is 4.72 Å². The third kappa shape index (κ3) is 3.22. The van der Waals surface area contributed by atoms with Crippen LogP contribution in [0.1, 0.15) is 46.9 Å². The van der Waals surface area contributed by atoms with Crippen molar-refractivity contribution in [3.05, 3.63) is 57.8 Å². The molecule has 148 valence electrons. The number of furan rings is 1. The molecule has 0 bridgehead atoms. The van der Waals surface area contributed by atoms with Crippen LogP contribution in [0, 0.1) is 33.6 Å². The number of nitrogens with one attached hydrogen (secondary N) is 1. The van der Waals surface area contributed by atoms with Crippen molar-refractivity contribution in [1.82, 2.24) is 0 Å². The molecule has 1 heterocycles. The molecule has 0 radical (unpaired) electrons. The summed E-state index contributed by atoms with van der Waals surface area (Å²) >= 11 is 0. The molecule has 1 unspecified atom stereocenters. The maximum absolute atomic E-state index is 13.2. The van der Waals surface area contributed by atoms with E-state index in [0.717, 1.165) is 58.2 Å². The Hall–Kier alpha value is -2.27. The van der Waals surface area contributed by atoms with Crippen molar-refractivity contribution in [2.75, 3.05) is 4.72 Å². The van der Waals surface area contributed by atoms with Gasteiger partial charge >= 0.3 is 0 Å². The number of hydrogen-bond donors (Lipinski definition) is 1. The fourth-order valence-corrected chi connectivity index (χ4v) is 6.07. The molecule has 28 heavy (non-hydrogen) atoms. The zero-order valence-electron chi connectivity index (χ0n) is 17.1. The molecule has 0 aliphatic heterocycles. The van der Waals surface area contributed by atoms with Crippen molar-refractivity contribution >= 4 is 26.7 Å². The van der Waals surface area contributed by atoms with Crippen molar-refractivity contribution < 1.29 is 12.8 Å². The molecule has 0 saturated carbocycles. The minimum Gasteiger partial charge on any atom is -0.461 e. The second-order valence-electron chi connectivity index (χ2n) is 8.35. The Morgan fingerprint density at radius 2 is 1.68 bits per heavy atom. The third-order valence-corrected chi connectivity index (χ3v) is 7.43. The number of sulfonamides is 1. The van der Waals surface area contributed by atoms with E-state index in [-0.39, 0.29) is 0 Å². The van der Waals surface area contributed by atoms with E-state index in [0.29, 0.717) is 16.5 Å². The number of fused-ring (bicyclic) bond motifs is 3. The quantitative estimate of drug-likeness (QED) is 0.626. The van der Waals surface area contributed by atoms with Crippen LogP contribution in [0.4, 0.5) is 5.69 Å². The van der Waals surface area contributed by atoms with E-state index < -0.39 is 10.0 Å². The van der Waals surface area contributed by atoms with Gasteiger partial charge < -0.3 is 4.42 Å². The summed E-state index contributed by atoms with van der Waals surface area (Å²) in [5, 5.41) is 1.03. The zero-order valence-corrected chi connectivity index (χ0v) is 18.0. The van der Waals surface area contributed by atoms with Gasteiger partial charge in [0.25, 0.3) is 10.0 Å². The van der Waals surface area contributed by atoms with E-state index in [1.807, 2.05) is 52.0 Å². The third-order valence-electron chi connectivity index (χ3n) is 5.76. The minimum absolute atomic E-state index is 0.362. The van der Waals surface area contributed by atoms with E-state index >= 15 is 0 Å². The molecule has 0 spiro atoms. The van der Waals surface area contributed by atoms with Crippen LogP contribution >= 0.6 is 0 Å². The second kappa shape index (κ2) is 6.66. The average molecular weight is 398 g/mol. The molecule has 1 aliphatic carbocycles. The SMILES string of the molecule is Cc1cc(C)c(S(=O)(=O)Nc2cc3c4c(oc3cc2C)CCC(C)C4)c(C)c1. The lowest BCUT2D eigenvalue weighted by atomic mass is 9.88. The van der Waals surface area contributed by atoms with Crippen LogP contribution in [0.15, 0.2) is 33.6 Å². The molecule has 5 heteroatoms. The van der Waals surface area contributed by atoms with Crippen molar-refractivity contribution in [2.45, 2.75) is 58.8 Å². The van der Waals surface area contributed by atoms with Crippen molar-refractivity contribution in [3.8, 4) is 0 Å². The highest BCUT2D eigenvalue weighted by atomic mass is 32.2. The molecule has 0 saturated heterocycles. The highest BCUT2D eigenvalue weighted by Gasteiger charge is 2.25. The zero-order chi connectivity index (χ0) is 20.2. The largest absolute Gasteiger partial charge is 0.461 e. The van der Waals surface area contributed by atoms with Gasteiger partial charge in [-0.1, -0.05) is 24.6 Å². The number of anilines is 1. The molecule has 1 atom stereocenters. The predicted octanol–water partition coefficient (Wildman–Crippen LogP) is 5.59. The van der Waals surface area contributed by atoms with E-state index in [1.165, 1.54) is 5.56 Å². The number of benzene rings is 2. The minimum atomic E-state index is -3.68. The number of rotatable bonds is 3. The number of hydrogen-bond acceptors (Lipinski definition) is 3. The lowest BCUT2D eigenvalue weighted by molar-refractivity contribution is 0.438. The highest BCUT2D eigenvalue weighted by Crippen LogP contribution is 2.37. The fourth-order valence-electron chi connectivity index (χ4n) is 4.50. The van der Waals surface area contributed by atoms with Gasteiger partial charge in [-0.2, -0.15) is 0 Å². The molecule has 0 amide bonds. The Balaban J connectivity index is 1.79. The summed E-state index contributed by atoms with van der Waals surface area (Å²) in [7, 11) is -3.68. The Morgan fingerprint density at radius 3 is 2.36 bits per heavy atom. The first-order chi connectivity index (χ1) is 13.2. The van der Waals surface area contributed by atoms with Crippen molar-refractivity contribution in [1.29, 1.82) is 0 Å². The Labute approximate surface area is 167 Å². The van der Waals surface area contributed by atoms with Gasteiger partial charge in [0.05, 0.1) is 10.6 Å². The second-order valence-corrected chi connectivity index (χ2v) is 9.97. The van der Waals surface area contributed by atoms with E-state index in [1.54, 1.807) is 0 Å². The van der Waals surface area contributed by atoms with Crippen LogP contribution in [0.2, 0.25) is 0 Å². The molecule has 2 aromatic carbocycles. The van der Waals surface area contributed by atoms with Crippen LogP contribution in [-0.4, -0.2) is 8.42 Å². The molecular formula is C23H27NO3S. The summed E-state index contributed by atoms with van der Waals surface area (Å²) in [6.07, 6.45) is 3.07. The summed E-state index contributed by atoms with van der Waals surface area (Å²) in [6.45, 7) is 9.83. The van der Waals surface area contributed by atoms with Gasteiger partial charge in [-0.15, -0.1) is 0 Å². The first-order valence-electron chi connectivity index (χ1n) is 9.81. The molecule has 3 aromatic rings. The summed E-state index contributed by atoms with van der Waals surface area (Å²) in [5.41, 5.74) is 6.15. The van der Waals surface area contributed by atoms with Gasteiger partial charge in [-0.25, -0.2) is 8.42 Å². The topological polar surface area (TPSA) is 59.3 Å². The molecule has 1 aromatic heterocycles. The van der Waals surface area contributed by atoms with E-state index in [9.17, 15) is 8.42 Å². The molecule has 4 rings (SSSR count). The first kappa shape index (κ1) is 19.1. The smallest absolute Gasteiger partial charge is 0.262 e. The number of aryl methyl sites for hydroxylation is 5. The Morgan fingerprint density at radius 1 is 1.00 bits per heavy atom. The molecule has 0 fully saturated rings. The lowest BCUT2D eigenvalue weighted by Gasteiger charge is -2.17. The lowest BCUT2D eigenvalue weighted by Crippen LogP contribution is -2.16. The van der Waals surface area contributed by atoms with Gasteiger partial charge in [0.1, 0.15) is 11.3 Å². The Kier molecular flexibility index (Phi) is 4.53. The maximum Gasteiger partial charge on any atom is 0.262 e. The van der Waals surface area contributed by atoms with Crippen LogP contribution in [0.5, 0.6) is 0 Å². The van der Waals surface area contributed by atoms with Gasteiger partial charge in [-0.3, -0.25) is 4.72 Å². The fraction of sp³-hybridized carbons (Fsp3) is 0.391. The summed E-state index contributed by atoms with van der Waals surface area (Å²) < 4.78 is 35.3. The monoisotopic (exact) mass is 397 g/mol. The van der Waals surface area contributed by atoms with Crippen LogP contribution in [0.25, 0.3) is 11.0 Å². The Bertz CT molecular complexity index is 1170.